The van der Waals surface area contributed by atoms with Gasteiger partial charge in [-0.05, 0) is 0 Å². The Hall–Kier alpha value is -0.940. The average Bonchev–Trinajstić information content (AvgIpc) is 2.83. The molecule has 0 aromatic heterocycles. The molecule has 17 heavy (non-hydrogen) atoms. The lowest BCUT2D eigenvalue weighted by Crippen LogP contribution is -2.65. The molecular formula is C8H15N3O6. The first-order chi connectivity index (χ1) is 8.13. The molecule has 9 heteroatoms. The minimum absolute atomic E-state index is 0.477. The summed E-state index contributed by atoms with van der Waals surface area (Å²) in [6.07, 6.45) is -3.32. The Labute approximate surface area is 96.8 Å². The lowest BCUT2D eigenvalue weighted by molar-refractivity contribution is -0.278. The predicted molar refractivity (Wildman–Crippen MR) is 52.1 cm³/mol. The zero-order chi connectivity index (χ0) is 12.4. The molecule has 98 valence electrons. The number of ether oxygens (including phenoxy) is 1. The van der Waals surface area contributed by atoms with E-state index in [1.165, 1.54) is 12.5 Å². The molecule has 2 heterocycles. The Morgan fingerprint density at radius 2 is 2.00 bits per heavy atom. The molecule has 1 unspecified atom stereocenters. The minimum Gasteiger partial charge on any atom is -0.394 e. The van der Waals surface area contributed by atoms with E-state index in [0.29, 0.717) is 0 Å². The fourth-order valence-corrected chi connectivity index (χ4v) is 1.61. The summed E-state index contributed by atoms with van der Waals surface area (Å²) in [6.45, 7) is -0.477. The summed E-state index contributed by atoms with van der Waals surface area (Å²) in [5.41, 5.74) is 5.17. The second-order valence-electron chi connectivity index (χ2n) is 3.71. The molecule has 0 aliphatic carbocycles. The number of aliphatic hydroxyl groups excluding tert-OH is 4. The smallest absolute Gasteiger partial charge is 0.154 e. The van der Waals surface area contributed by atoms with Crippen molar-refractivity contribution in [3.05, 3.63) is 12.5 Å². The van der Waals surface area contributed by atoms with E-state index in [-0.39, 0.29) is 0 Å². The maximum Gasteiger partial charge on any atom is 0.154 e. The van der Waals surface area contributed by atoms with Gasteiger partial charge in [-0.1, -0.05) is 0 Å². The van der Waals surface area contributed by atoms with Crippen LogP contribution in [0.15, 0.2) is 12.5 Å². The van der Waals surface area contributed by atoms with Crippen LogP contribution in [-0.2, 0) is 9.57 Å². The van der Waals surface area contributed by atoms with Crippen LogP contribution in [0.5, 0.6) is 0 Å². The number of hydrogen-bond acceptors (Lipinski definition) is 9. The Bertz CT molecular complexity index is 278. The van der Waals surface area contributed by atoms with Crippen LogP contribution < -0.4 is 10.9 Å². The van der Waals surface area contributed by atoms with Crippen LogP contribution in [0.25, 0.3) is 0 Å². The van der Waals surface area contributed by atoms with E-state index in [4.69, 9.17) is 14.7 Å². The molecule has 0 aromatic carbocycles. The van der Waals surface area contributed by atoms with Crippen molar-refractivity contribution in [2.45, 2.75) is 30.6 Å². The predicted octanol–water partition coefficient (Wildman–Crippen LogP) is -3.49. The standard InChI is InChI=1S/C8H15N3O6/c12-3-4-5(13)6(14)7(15)8(17-4)10-11-9-1-2-16-11/h1-2,4-10,12-15H,3H2/t4-,5-,6+,7-,8?/m1/s1. The van der Waals surface area contributed by atoms with Crippen molar-refractivity contribution in [3.8, 4) is 0 Å². The Morgan fingerprint density at radius 3 is 2.59 bits per heavy atom. The fourth-order valence-electron chi connectivity index (χ4n) is 1.61. The van der Waals surface area contributed by atoms with E-state index in [9.17, 15) is 15.3 Å². The Balaban J connectivity index is 1.95. The number of hydrogen-bond donors (Lipinski definition) is 6. The highest BCUT2D eigenvalue weighted by molar-refractivity contribution is 4.90. The van der Waals surface area contributed by atoms with E-state index >= 15 is 0 Å². The summed E-state index contributed by atoms with van der Waals surface area (Å²) >= 11 is 0. The Kier molecular flexibility index (Phi) is 3.79. The van der Waals surface area contributed by atoms with Gasteiger partial charge in [0.05, 0.1) is 12.8 Å². The van der Waals surface area contributed by atoms with E-state index in [0.717, 1.165) is 5.28 Å². The van der Waals surface area contributed by atoms with E-state index < -0.39 is 37.3 Å². The number of rotatable bonds is 3. The van der Waals surface area contributed by atoms with Crippen LogP contribution in [0.2, 0.25) is 0 Å². The van der Waals surface area contributed by atoms with Crippen LogP contribution in [0, 0.1) is 0 Å². The molecule has 0 bridgehead atoms. The first-order valence-corrected chi connectivity index (χ1v) is 5.08. The van der Waals surface area contributed by atoms with Crippen LogP contribution in [0.3, 0.4) is 0 Å². The molecule has 0 spiro atoms. The number of nitrogens with one attached hydrogen (secondary N) is 2. The number of nitrogens with zero attached hydrogens (tertiary/aromatic N) is 1. The maximum absolute atomic E-state index is 9.67. The minimum atomic E-state index is -1.42. The first kappa shape index (κ1) is 12.5. The molecule has 0 saturated carbocycles. The molecule has 0 aromatic rings. The van der Waals surface area contributed by atoms with Crippen molar-refractivity contribution in [1.29, 1.82) is 0 Å². The van der Waals surface area contributed by atoms with Gasteiger partial charge in [-0.3, -0.25) is 5.43 Å². The zero-order valence-corrected chi connectivity index (χ0v) is 8.80. The summed E-state index contributed by atoms with van der Waals surface area (Å²) < 4.78 is 5.18. The SMILES string of the molecule is OC[C@H]1OC(NN2NC=CO2)[C@H](O)[C@@H](O)[C@@H]1O. The van der Waals surface area contributed by atoms with Gasteiger partial charge >= 0.3 is 0 Å². The highest BCUT2D eigenvalue weighted by Crippen LogP contribution is 2.19. The van der Waals surface area contributed by atoms with Gasteiger partial charge in [0.25, 0.3) is 0 Å². The first-order valence-electron chi connectivity index (χ1n) is 5.08. The maximum atomic E-state index is 9.67. The summed E-state index contributed by atoms with van der Waals surface area (Å²) in [5, 5.41) is 38.7. The summed E-state index contributed by atoms with van der Waals surface area (Å²) in [5.74, 6) is 0. The topological polar surface area (TPSA) is 127 Å². The molecule has 5 atom stereocenters. The van der Waals surface area contributed by atoms with Crippen molar-refractivity contribution < 1.29 is 30.0 Å². The fraction of sp³-hybridized carbons (Fsp3) is 0.750. The normalized spacial score (nSPS) is 42.2. The van der Waals surface area contributed by atoms with Crippen LogP contribution in [0.1, 0.15) is 0 Å². The van der Waals surface area contributed by atoms with Crippen molar-refractivity contribution in [3.63, 3.8) is 0 Å². The van der Waals surface area contributed by atoms with Gasteiger partial charge in [0.2, 0.25) is 0 Å². The van der Waals surface area contributed by atoms with Gasteiger partial charge in [0, 0.05) is 5.28 Å². The molecule has 1 fully saturated rings. The molecule has 2 rings (SSSR count). The van der Waals surface area contributed by atoms with E-state index in [2.05, 4.69) is 10.9 Å². The Morgan fingerprint density at radius 1 is 1.24 bits per heavy atom. The second kappa shape index (κ2) is 5.14. The summed E-state index contributed by atoms with van der Waals surface area (Å²) in [6, 6.07) is 0. The molecule has 9 nitrogen and oxygen atoms in total. The molecule has 0 amide bonds. The lowest BCUT2D eigenvalue weighted by Gasteiger charge is -2.40. The van der Waals surface area contributed by atoms with E-state index in [1.807, 2.05) is 0 Å². The summed E-state index contributed by atoms with van der Waals surface area (Å²) in [4.78, 5) is 4.87. The van der Waals surface area contributed by atoms with Crippen molar-refractivity contribution in [2.75, 3.05) is 6.61 Å². The van der Waals surface area contributed by atoms with Crippen LogP contribution >= 0.6 is 0 Å². The van der Waals surface area contributed by atoms with Gasteiger partial charge < -0.3 is 30.0 Å². The van der Waals surface area contributed by atoms with E-state index in [1.54, 1.807) is 0 Å². The molecule has 2 aliphatic rings. The van der Waals surface area contributed by atoms with Crippen molar-refractivity contribution >= 4 is 0 Å². The number of aliphatic hydroxyl groups is 4. The van der Waals surface area contributed by atoms with Gasteiger partial charge in [-0.15, -0.1) is 0 Å². The van der Waals surface area contributed by atoms with Crippen molar-refractivity contribution in [1.82, 2.24) is 16.1 Å². The molecule has 0 radical (unpaired) electrons. The third kappa shape index (κ3) is 2.50. The molecule has 2 aliphatic heterocycles. The molecule has 6 N–H and O–H groups in total. The van der Waals surface area contributed by atoms with Crippen LogP contribution in [0.4, 0.5) is 0 Å². The number of hydrazine groups is 2. The van der Waals surface area contributed by atoms with Crippen LogP contribution in [-0.4, -0.2) is 63.0 Å². The lowest BCUT2D eigenvalue weighted by atomic mass is 9.99. The largest absolute Gasteiger partial charge is 0.394 e. The average molecular weight is 249 g/mol. The van der Waals surface area contributed by atoms with Gasteiger partial charge in [-0.25, -0.2) is 0 Å². The highest BCUT2D eigenvalue weighted by atomic mass is 16.8. The van der Waals surface area contributed by atoms with Gasteiger partial charge in [0.15, 0.2) is 6.23 Å². The third-order valence-corrected chi connectivity index (χ3v) is 2.56. The third-order valence-electron chi connectivity index (χ3n) is 2.56. The quantitative estimate of drug-likeness (QED) is 0.302. The monoisotopic (exact) mass is 249 g/mol. The summed E-state index contributed by atoms with van der Waals surface area (Å²) in [7, 11) is 0. The zero-order valence-electron chi connectivity index (χ0n) is 8.80. The second-order valence-corrected chi connectivity index (χ2v) is 3.71. The highest BCUT2D eigenvalue weighted by Gasteiger charge is 2.44. The van der Waals surface area contributed by atoms with Gasteiger partial charge in [0.1, 0.15) is 30.7 Å². The molecule has 1 saturated heterocycles. The molecular weight excluding hydrogens is 234 g/mol. The van der Waals surface area contributed by atoms with Gasteiger partial charge in [-0.2, -0.15) is 5.43 Å². The van der Waals surface area contributed by atoms with Crippen molar-refractivity contribution in [2.24, 2.45) is 0 Å².